The zero-order valence-corrected chi connectivity index (χ0v) is 15.4. The largest absolute Gasteiger partial charge is 0.467 e. The van der Waals surface area contributed by atoms with Crippen molar-refractivity contribution in [3.8, 4) is 0 Å². The van der Waals surface area contributed by atoms with Crippen LogP contribution >= 0.6 is 11.3 Å². The highest BCUT2D eigenvalue weighted by molar-refractivity contribution is 7.11. The van der Waals surface area contributed by atoms with Crippen LogP contribution in [0, 0.1) is 0 Å². The minimum Gasteiger partial charge on any atom is -0.467 e. The molecule has 0 saturated heterocycles. The van der Waals surface area contributed by atoms with Gasteiger partial charge in [-0.15, -0.1) is 11.3 Å². The molecule has 0 spiro atoms. The smallest absolute Gasteiger partial charge is 0.348 e. The van der Waals surface area contributed by atoms with Crippen molar-refractivity contribution in [1.29, 1.82) is 0 Å². The fourth-order valence-electron chi connectivity index (χ4n) is 2.69. The second-order valence-electron chi connectivity index (χ2n) is 5.76. The predicted molar refractivity (Wildman–Crippen MR) is 101 cm³/mol. The lowest BCUT2D eigenvalue weighted by molar-refractivity contribution is -0.145. The topological polar surface area (TPSA) is 97.5 Å². The summed E-state index contributed by atoms with van der Waals surface area (Å²) in [5.74, 6) is -1.72. The van der Waals surface area contributed by atoms with Crippen LogP contribution < -0.4 is 5.32 Å². The summed E-state index contributed by atoms with van der Waals surface area (Å²) in [5.41, 5.74) is 1.81. The van der Waals surface area contributed by atoms with Crippen LogP contribution in [0.1, 0.15) is 15.2 Å². The van der Waals surface area contributed by atoms with Gasteiger partial charge in [0.25, 0.3) is 5.91 Å². The molecule has 3 aromatic rings. The maximum Gasteiger partial charge on any atom is 0.348 e. The van der Waals surface area contributed by atoms with Gasteiger partial charge in [-0.25, -0.2) is 9.59 Å². The number of thiophene rings is 1. The highest BCUT2D eigenvalue weighted by Gasteiger charge is 2.24. The second-order valence-corrected chi connectivity index (χ2v) is 6.71. The number of para-hydroxylation sites is 1. The molecule has 0 aliphatic heterocycles. The SMILES string of the molecule is COC(=O)[C@@H](Cc1c[nH]c2ccccc12)NC(=O)COC(=O)c1cccs1. The minimum absolute atomic E-state index is 0.251. The van der Waals surface area contributed by atoms with E-state index in [1.54, 1.807) is 23.7 Å². The molecule has 2 N–H and O–H groups in total. The number of hydrogen-bond donors (Lipinski definition) is 2. The number of carbonyl (C=O) groups excluding carboxylic acids is 3. The Morgan fingerprint density at radius 3 is 2.74 bits per heavy atom. The summed E-state index contributed by atoms with van der Waals surface area (Å²) in [6.07, 6.45) is 2.05. The number of aromatic amines is 1. The van der Waals surface area contributed by atoms with Crippen LogP contribution in [0.3, 0.4) is 0 Å². The van der Waals surface area contributed by atoms with Crippen molar-refractivity contribution in [2.75, 3.05) is 13.7 Å². The van der Waals surface area contributed by atoms with Crippen LogP contribution in [-0.4, -0.2) is 42.6 Å². The van der Waals surface area contributed by atoms with E-state index in [-0.39, 0.29) is 6.42 Å². The highest BCUT2D eigenvalue weighted by atomic mass is 32.1. The molecule has 140 valence electrons. The number of rotatable bonds is 7. The summed E-state index contributed by atoms with van der Waals surface area (Å²) in [6.45, 7) is -0.474. The van der Waals surface area contributed by atoms with Crippen LogP contribution in [0.4, 0.5) is 0 Å². The van der Waals surface area contributed by atoms with Gasteiger partial charge < -0.3 is 19.8 Å². The molecule has 2 heterocycles. The van der Waals surface area contributed by atoms with E-state index >= 15 is 0 Å². The summed E-state index contributed by atoms with van der Waals surface area (Å²) >= 11 is 1.23. The van der Waals surface area contributed by atoms with Crippen molar-refractivity contribution in [2.45, 2.75) is 12.5 Å². The van der Waals surface area contributed by atoms with Gasteiger partial charge >= 0.3 is 11.9 Å². The Bertz CT molecular complexity index is 948. The molecule has 1 amide bonds. The monoisotopic (exact) mass is 386 g/mol. The maximum absolute atomic E-state index is 12.1. The van der Waals surface area contributed by atoms with Crippen LogP contribution in [0.15, 0.2) is 48.0 Å². The van der Waals surface area contributed by atoms with Gasteiger partial charge in [-0.05, 0) is 23.1 Å². The van der Waals surface area contributed by atoms with Gasteiger partial charge in [-0.2, -0.15) is 0 Å². The van der Waals surface area contributed by atoms with Crippen LogP contribution in [0.2, 0.25) is 0 Å². The van der Waals surface area contributed by atoms with E-state index in [1.807, 2.05) is 24.3 Å². The Kier molecular flexibility index (Phi) is 5.87. The first kappa shape index (κ1) is 18.7. The summed E-state index contributed by atoms with van der Waals surface area (Å²) < 4.78 is 9.76. The number of hydrogen-bond acceptors (Lipinski definition) is 6. The quantitative estimate of drug-likeness (QED) is 0.607. The van der Waals surface area contributed by atoms with Crippen molar-refractivity contribution >= 4 is 40.1 Å². The number of aromatic nitrogens is 1. The minimum atomic E-state index is -0.887. The standard InChI is InChI=1S/C19H18N2O5S/c1-25-18(23)15(9-12-10-20-14-6-3-2-5-13(12)14)21-17(22)11-26-19(24)16-7-4-8-27-16/h2-8,10,15,20H,9,11H2,1H3,(H,21,22)/t15-/m1/s1. The molecule has 3 rings (SSSR count). The number of fused-ring (bicyclic) bond motifs is 1. The van der Waals surface area contributed by atoms with Gasteiger partial charge in [-0.3, -0.25) is 4.79 Å². The average molecular weight is 386 g/mol. The molecule has 7 nitrogen and oxygen atoms in total. The van der Waals surface area contributed by atoms with E-state index < -0.39 is 30.5 Å². The summed E-state index contributed by atoms with van der Waals surface area (Å²) in [5, 5.41) is 5.27. The van der Waals surface area contributed by atoms with Crippen molar-refractivity contribution < 1.29 is 23.9 Å². The summed E-state index contributed by atoms with van der Waals surface area (Å²) in [6, 6.07) is 10.1. The molecule has 0 bridgehead atoms. The third-order valence-corrected chi connectivity index (χ3v) is 4.83. The first-order valence-corrected chi connectivity index (χ1v) is 9.09. The predicted octanol–water partition coefficient (Wildman–Crippen LogP) is 2.29. The average Bonchev–Trinajstić information content (AvgIpc) is 3.35. The number of benzene rings is 1. The van der Waals surface area contributed by atoms with Gasteiger partial charge in [0.05, 0.1) is 7.11 Å². The molecule has 0 aliphatic rings. The number of carbonyl (C=O) groups is 3. The number of esters is 2. The van der Waals surface area contributed by atoms with Crippen LogP contribution in [0.5, 0.6) is 0 Å². The zero-order valence-electron chi connectivity index (χ0n) is 14.6. The molecule has 0 saturated carbocycles. The molecule has 0 aliphatic carbocycles. The van der Waals surface area contributed by atoms with Crippen LogP contribution in [0.25, 0.3) is 10.9 Å². The van der Waals surface area contributed by atoms with E-state index in [9.17, 15) is 14.4 Å². The van der Waals surface area contributed by atoms with Gasteiger partial charge in [-0.1, -0.05) is 24.3 Å². The third-order valence-electron chi connectivity index (χ3n) is 3.98. The lowest BCUT2D eigenvalue weighted by atomic mass is 10.0. The number of methoxy groups -OCH3 is 1. The molecular weight excluding hydrogens is 368 g/mol. The highest BCUT2D eigenvalue weighted by Crippen LogP contribution is 2.19. The van der Waals surface area contributed by atoms with Crippen molar-refractivity contribution in [1.82, 2.24) is 10.3 Å². The Balaban J connectivity index is 1.63. The molecule has 0 unspecified atom stereocenters. The number of amides is 1. The molecule has 8 heteroatoms. The summed E-state index contributed by atoms with van der Waals surface area (Å²) in [4.78, 5) is 39.6. The van der Waals surface area contributed by atoms with E-state index in [0.29, 0.717) is 4.88 Å². The molecular formula is C19H18N2O5S. The maximum atomic E-state index is 12.1. The van der Waals surface area contributed by atoms with Gasteiger partial charge in [0, 0.05) is 23.5 Å². The van der Waals surface area contributed by atoms with E-state index in [0.717, 1.165) is 16.5 Å². The Labute approximate surface area is 159 Å². The first-order valence-electron chi connectivity index (χ1n) is 8.21. The normalized spacial score (nSPS) is 11.7. The lowest BCUT2D eigenvalue weighted by Crippen LogP contribution is -2.44. The van der Waals surface area contributed by atoms with E-state index in [2.05, 4.69) is 10.3 Å². The number of ether oxygens (including phenoxy) is 2. The van der Waals surface area contributed by atoms with Crippen molar-refractivity contribution in [3.63, 3.8) is 0 Å². The fraction of sp³-hybridized carbons (Fsp3) is 0.211. The van der Waals surface area contributed by atoms with Gasteiger partial charge in [0.1, 0.15) is 10.9 Å². The van der Waals surface area contributed by atoms with Crippen LogP contribution in [-0.2, 0) is 25.5 Å². The van der Waals surface area contributed by atoms with Gasteiger partial charge in [0.2, 0.25) is 0 Å². The van der Waals surface area contributed by atoms with E-state index in [4.69, 9.17) is 9.47 Å². The second kappa shape index (κ2) is 8.50. The van der Waals surface area contributed by atoms with Crippen molar-refractivity contribution in [3.05, 3.63) is 58.4 Å². The lowest BCUT2D eigenvalue weighted by Gasteiger charge is -2.16. The number of H-pyrrole nitrogens is 1. The fourth-order valence-corrected chi connectivity index (χ4v) is 3.30. The zero-order chi connectivity index (χ0) is 19.2. The Hall–Kier alpha value is -3.13. The molecule has 0 fully saturated rings. The Morgan fingerprint density at radius 1 is 1.19 bits per heavy atom. The van der Waals surface area contributed by atoms with Gasteiger partial charge in [0.15, 0.2) is 6.61 Å². The third kappa shape index (κ3) is 4.53. The molecule has 0 radical (unpaired) electrons. The first-order chi connectivity index (χ1) is 13.1. The molecule has 2 aromatic heterocycles. The van der Waals surface area contributed by atoms with E-state index in [1.165, 1.54) is 18.4 Å². The Morgan fingerprint density at radius 2 is 2.00 bits per heavy atom. The number of nitrogens with one attached hydrogen (secondary N) is 2. The molecule has 27 heavy (non-hydrogen) atoms. The molecule has 1 atom stereocenters. The van der Waals surface area contributed by atoms with Crippen molar-refractivity contribution in [2.24, 2.45) is 0 Å². The molecule has 1 aromatic carbocycles. The summed E-state index contributed by atoms with van der Waals surface area (Å²) in [7, 11) is 1.26.